The number of pyridine rings is 1. The number of nitrogens with two attached hydrogens (primary N) is 1. The van der Waals surface area contributed by atoms with Gasteiger partial charge in [-0.15, -0.1) is 11.3 Å². The molecule has 0 radical (unpaired) electrons. The van der Waals surface area contributed by atoms with Crippen LogP contribution in [0.3, 0.4) is 0 Å². The van der Waals surface area contributed by atoms with E-state index in [0.717, 1.165) is 21.4 Å². The maximum atomic E-state index is 5.76. The molecule has 3 aromatic rings. The first-order valence-corrected chi connectivity index (χ1v) is 8.35. The first-order chi connectivity index (χ1) is 10.2. The quantitative estimate of drug-likeness (QED) is 0.542. The van der Waals surface area contributed by atoms with Crippen LogP contribution in [0.5, 0.6) is 0 Å². The number of para-hydroxylation sites is 1. The third-order valence-corrected chi connectivity index (χ3v) is 5.18. The van der Waals surface area contributed by atoms with Gasteiger partial charge in [0.05, 0.1) is 21.0 Å². The lowest BCUT2D eigenvalue weighted by molar-refractivity contribution is 0.543. The first-order valence-electron chi connectivity index (χ1n) is 6.74. The van der Waals surface area contributed by atoms with Crippen LogP contribution in [0.1, 0.15) is 22.2 Å². The van der Waals surface area contributed by atoms with Gasteiger partial charge in [-0.2, -0.15) is 0 Å². The molecule has 0 saturated heterocycles. The Morgan fingerprint density at radius 2 is 2.10 bits per heavy atom. The van der Waals surface area contributed by atoms with E-state index in [2.05, 4.69) is 52.5 Å². The molecule has 108 valence electrons. The number of nitrogens with one attached hydrogen (secondary N) is 1. The summed E-state index contributed by atoms with van der Waals surface area (Å²) in [7, 11) is 0. The van der Waals surface area contributed by atoms with E-state index < -0.39 is 0 Å². The molecule has 1 unspecified atom stereocenters. The van der Waals surface area contributed by atoms with E-state index in [1.807, 2.05) is 18.2 Å². The molecule has 0 aliphatic heterocycles. The SMILES string of the molecule is Cc1cc(C(Cc2ccc(Br)s2)NN)nc2ccccc12. The van der Waals surface area contributed by atoms with Crippen molar-refractivity contribution < 1.29 is 0 Å². The third kappa shape index (κ3) is 3.16. The van der Waals surface area contributed by atoms with Crippen molar-refractivity contribution in [2.45, 2.75) is 19.4 Å². The van der Waals surface area contributed by atoms with Crippen LogP contribution < -0.4 is 11.3 Å². The van der Waals surface area contributed by atoms with Gasteiger partial charge in [0, 0.05) is 16.7 Å². The summed E-state index contributed by atoms with van der Waals surface area (Å²) in [4.78, 5) is 6.04. The number of benzene rings is 1. The largest absolute Gasteiger partial charge is 0.271 e. The van der Waals surface area contributed by atoms with E-state index >= 15 is 0 Å². The van der Waals surface area contributed by atoms with Gasteiger partial charge in [0.25, 0.3) is 0 Å². The maximum Gasteiger partial charge on any atom is 0.0708 e. The van der Waals surface area contributed by atoms with Gasteiger partial charge >= 0.3 is 0 Å². The van der Waals surface area contributed by atoms with Crippen molar-refractivity contribution in [1.29, 1.82) is 0 Å². The smallest absolute Gasteiger partial charge is 0.0708 e. The molecule has 1 atom stereocenters. The molecule has 3 N–H and O–H groups in total. The molecule has 0 amide bonds. The zero-order valence-corrected chi connectivity index (χ0v) is 14.0. The lowest BCUT2D eigenvalue weighted by Crippen LogP contribution is -2.30. The van der Waals surface area contributed by atoms with Gasteiger partial charge in [0.15, 0.2) is 0 Å². The lowest BCUT2D eigenvalue weighted by atomic mass is 10.0. The Kier molecular flexibility index (Phi) is 4.35. The molecule has 0 aliphatic carbocycles. The number of rotatable bonds is 4. The number of fused-ring (bicyclic) bond motifs is 1. The summed E-state index contributed by atoms with van der Waals surface area (Å²) in [5.74, 6) is 5.76. The minimum Gasteiger partial charge on any atom is -0.271 e. The lowest BCUT2D eigenvalue weighted by Gasteiger charge is -2.16. The van der Waals surface area contributed by atoms with Gasteiger partial charge in [-0.25, -0.2) is 0 Å². The Balaban J connectivity index is 1.96. The third-order valence-electron chi connectivity index (χ3n) is 3.54. The molecule has 0 fully saturated rings. The highest BCUT2D eigenvalue weighted by Crippen LogP contribution is 2.27. The topological polar surface area (TPSA) is 50.9 Å². The number of hydrogen-bond donors (Lipinski definition) is 2. The highest BCUT2D eigenvalue weighted by molar-refractivity contribution is 9.11. The van der Waals surface area contributed by atoms with Crippen molar-refractivity contribution in [2.75, 3.05) is 0 Å². The highest BCUT2D eigenvalue weighted by Gasteiger charge is 2.15. The monoisotopic (exact) mass is 361 g/mol. The fourth-order valence-electron chi connectivity index (χ4n) is 2.47. The molecule has 21 heavy (non-hydrogen) atoms. The molecule has 3 rings (SSSR count). The molecular formula is C16H16BrN3S. The molecular weight excluding hydrogens is 346 g/mol. The minimum atomic E-state index is 0.0128. The van der Waals surface area contributed by atoms with Gasteiger partial charge in [0.1, 0.15) is 0 Å². The summed E-state index contributed by atoms with van der Waals surface area (Å²) in [6.07, 6.45) is 0.831. The summed E-state index contributed by atoms with van der Waals surface area (Å²) in [6.45, 7) is 2.11. The molecule has 2 heterocycles. The van der Waals surface area contributed by atoms with Crippen LogP contribution in [0.15, 0.2) is 46.3 Å². The van der Waals surface area contributed by atoms with Crippen molar-refractivity contribution in [3.05, 3.63) is 62.4 Å². The average Bonchev–Trinajstić information content (AvgIpc) is 2.90. The number of nitrogens with zero attached hydrogens (tertiary/aromatic N) is 1. The second kappa shape index (κ2) is 6.23. The van der Waals surface area contributed by atoms with E-state index in [1.54, 1.807) is 11.3 Å². The molecule has 1 aromatic carbocycles. The van der Waals surface area contributed by atoms with Crippen LogP contribution in [0.4, 0.5) is 0 Å². The van der Waals surface area contributed by atoms with E-state index in [-0.39, 0.29) is 6.04 Å². The average molecular weight is 362 g/mol. The Labute approximate surface area is 136 Å². The zero-order valence-electron chi connectivity index (χ0n) is 11.6. The molecule has 0 spiro atoms. The predicted octanol–water partition coefficient (Wildman–Crippen LogP) is 4.11. The van der Waals surface area contributed by atoms with Gasteiger partial charge in [0.2, 0.25) is 0 Å². The molecule has 0 aliphatic rings. The van der Waals surface area contributed by atoms with Crippen LogP contribution in [0, 0.1) is 6.92 Å². The highest BCUT2D eigenvalue weighted by atomic mass is 79.9. The molecule has 2 aromatic heterocycles. The number of halogens is 1. The molecule has 0 bridgehead atoms. The van der Waals surface area contributed by atoms with Gasteiger partial charge in [-0.1, -0.05) is 18.2 Å². The number of aromatic nitrogens is 1. The van der Waals surface area contributed by atoms with Crippen LogP contribution >= 0.6 is 27.3 Å². The summed E-state index contributed by atoms with van der Waals surface area (Å²) in [6, 6.07) is 14.5. The Hall–Kier alpha value is -1.27. The van der Waals surface area contributed by atoms with Gasteiger partial charge in [-0.05, 0) is 52.7 Å². The molecule has 3 nitrogen and oxygen atoms in total. The number of thiophene rings is 1. The van der Waals surface area contributed by atoms with Crippen LogP contribution in [-0.4, -0.2) is 4.98 Å². The summed E-state index contributed by atoms with van der Waals surface area (Å²) >= 11 is 5.22. The van der Waals surface area contributed by atoms with Gasteiger partial charge < -0.3 is 0 Å². The predicted molar refractivity (Wildman–Crippen MR) is 92.3 cm³/mol. The summed E-state index contributed by atoms with van der Waals surface area (Å²) in [5.41, 5.74) is 6.12. The molecule has 0 saturated carbocycles. The Morgan fingerprint density at radius 3 is 2.81 bits per heavy atom. The zero-order chi connectivity index (χ0) is 14.8. The van der Waals surface area contributed by atoms with Crippen molar-refractivity contribution >= 4 is 38.2 Å². The van der Waals surface area contributed by atoms with E-state index in [9.17, 15) is 0 Å². The maximum absolute atomic E-state index is 5.76. The van der Waals surface area contributed by atoms with E-state index in [1.165, 1.54) is 15.8 Å². The standard InChI is InChI=1S/C16H16BrN3S/c1-10-8-14(19-13-5-3-2-4-12(10)13)15(20-18)9-11-6-7-16(17)21-11/h2-8,15,20H,9,18H2,1H3. The first kappa shape index (κ1) is 14.7. The fourth-order valence-corrected chi connectivity index (χ4v) is 3.99. The second-order valence-electron chi connectivity index (χ2n) is 5.01. The number of hydrogen-bond acceptors (Lipinski definition) is 4. The summed E-state index contributed by atoms with van der Waals surface area (Å²) in [5, 5.41) is 1.19. The van der Waals surface area contributed by atoms with Crippen molar-refractivity contribution in [2.24, 2.45) is 5.84 Å². The Bertz CT molecular complexity index is 769. The van der Waals surface area contributed by atoms with Crippen molar-refractivity contribution in [3.8, 4) is 0 Å². The van der Waals surface area contributed by atoms with E-state index in [4.69, 9.17) is 10.8 Å². The minimum absolute atomic E-state index is 0.0128. The number of aryl methyl sites for hydroxylation is 1. The van der Waals surface area contributed by atoms with Crippen molar-refractivity contribution in [1.82, 2.24) is 10.4 Å². The van der Waals surface area contributed by atoms with Gasteiger partial charge in [-0.3, -0.25) is 16.3 Å². The van der Waals surface area contributed by atoms with E-state index in [0.29, 0.717) is 0 Å². The fraction of sp³-hybridized carbons (Fsp3) is 0.188. The molecule has 5 heteroatoms. The number of hydrazine groups is 1. The van der Waals surface area contributed by atoms with Crippen LogP contribution in [0.25, 0.3) is 10.9 Å². The second-order valence-corrected chi connectivity index (χ2v) is 7.56. The van der Waals surface area contributed by atoms with Crippen molar-refractivity contribution in [3.63, 3.8) is 0 Å². The van der Waals surface area contributed by atoms with Crippen LogP contribution in [-0.2, 0) is 6.42 Å². The van der Waals surface area contributed by atoms with Crippen LogP contribution in [0.2, 0.25) is 0 Å². The normalized spacial score (nSPS) is 12.7. The summed E-state index contributed by atoms with van der Waals surface area (Å²) < 4.78 is 1.14. The Morgan fingerprint density at radius 1 is 1.29 bits per heavy atom.